The van der Waals surface area contributed by atoms with Crippen molar-refractivity contribution in [3.8, 4) is 0 Å². The molecule has 0 aliphatic rings. The highest BCUT2D eigenvalue weighted by Crippen LogP contribution is 2.17. The number of rotatable bonds is 53. The third-order valence-corrected chi connectivity index (χ3v) is 13.2. The third kappa shape index (κ3) is 51.3. The van der Waals surface area contributed by atoms with Gasteiger partial charge in [-0.05, 0) is 64.2 Å². The highest BCUT2D eigenvalue weighted by Gasteiger charge is 2.18. The Morgan fingerprint density at radius 2 is 0.769 bits per heavy atom. The molecule has 1 amide bonds. The predicted octanol–water partition coefficient (Wildman–Crippen LogP) is 17.6. The lowest BCUT2D eigenvalue weighted by Gasteiger charge is -2.20. The minimum absolute atomic E-state index is 0.0246. The van der Waals surface area contributed by atoms with Gasteiger partial charge >= 0.3 is 5.97 Å². The van der Waals surface area contributed by atoms with Crippen molar-refractivity contribution in [3.63, 3.8) is 0 Å². The SMILES string of the molecule is CCCCC/C=C\C/C=C\CCCCCCCC(=O)OCCCCCCCCCCCCCCC(=O)NC(CO)C(O)/C=C/CCCCCCCCCCCCCCCCCCCCC. The monoisotopic (exact) mass is 914 g/mol. The van der Waals surface area contributed by atoms with Crippen molar-refractivity contribution < 1.29 is 24.5 Å². The molecule has 0 spiro atoms. The first-order valence-electron chi connectivity index (χ1n) is 28.8. The molecule has 0 aromatic carbocycles. The van der Waals surface area contributed by atoms with E-state index in [9.17, 15) is 19.8 Å². The largest absolute Gasteiger partial charge is 0.466 e. The molecule has 0 aliphatic carbocycles. The number of unbranched alkanes of at least 4 members (excludes halogenated alkanes) is 38. The van der Waals surface area contributed by atoms with Crippen LogP contribution in [0.3, 0.4) is 0 Å². The molecule has 0 fully saturated rings. The Morgan fingerprint density at radius 1 is 0.431 bits per heavy atom. The maximum absolute atomic E-state index is 12.5. The molecule has 2 atom stereocenters. The van der Waals surface area contributed by atoms with Gasteiger partial charge in [0.1, 0.15) is 0 Å². The van der Waals surface area contributed by atoms with Crippen molar-refractivity contribution in [2.24, 2.45) is 0 Å². The summed E-state index contributed by atoms with van der Waals surface area (Å²) in [6, 6.07) is -0.641. The van der Waals surface area contributed by atoms with Gasteiger partial charge in [-0.15, -0.1) is 0 Å². The lowest BCUT2D eigenvalue weighted by atomic mass is 10.0. The molecule has 0 rings (SSSR count). The Labute approximate surface area is 404 Å². The highest BCUT2D eigenvalue weighted by atomic mass is 16.5. The summed E-state index contributed by atoms with van der Waals surface area (Å²) in [6.07, 6.45) is 67.3. The number of aliphatic hydroxyl groups excluding tert-OH is 2. The van der Waals surface area contributed by atoms with E-state index in [1.165, 1.54) is 205 Å². The number of allylic oxidation sites excluding steroid dienone is 5. The molecular formula is C59H111NO5. The lowest BCUT2D eigenvalue weighted by molar-refractivity contribution is -0.143. The summed E-state index contributed by atoms with van der Waals surface area (Å²) >= 11 is 0. The van der Waals surface area contributed by atoms with Crippen LogP contribution in [0.5, 0.6) is 0 Å². The Kier molecular flexibility index (Phi) is 53.1. The summed E-state index contributed by atoms with van der Waals surface area (Å²) in [5.41, 5.74) is 0. The van der Waals surface area contributed by atoms with Crippen LogP contribution in [0.2, 0.25) is 0 Å². The smallest absolute Gasteiger partial charge is 0.305 e. The van der Waals surface area contributed by atoms with Crippen molar-refractivity contribution in [2.75, 3.05) is 13.2 Å². The van der Waals surface area contributed by atoms with E-state index in [1.807, 2.05) is 6.08 Å². The van der Waals surface area contributed by atoms with E-state index in [0.29, 0.717) is 19.4 Å². The molecule has 0 bridgehead atoms. The van der Waals surface area contributed by atoms with Gasteiger partial charge in [0, 0.05) is 12.8 Å². The summed E-state index contributed by atoms with van der Waals surface area (Å²) in [6.45, 7) is 4.85. The van der Waals surface area contributed by atoms with Crippen LogP contribution in [0.25, 0.3) is 0 Å². The topological polar surface area (TPSA) is 95.9 Å². The summed E-state index contributed by atoms with van der Waals surface area (Å²) in [4.78, 5) is 24.5. The summed E-state index contributed by atoms with van der Waals surface area (Å²) in [7, 11) is 0. The van der Waals surface area contributed by atoms with Crippen LogP contribution in [-0.4, -0.2) is 47.4 Å². The molecule has 6 nitrogen and oxygen atoms in total. The van der Waals surface area contributed by atoms with Crippen molar-refractivity contribution in [1.29, 1.82) is 0 Å². The van der Waals surface area contributed by atoms with Gasteiger partial charge in [-0.3, -0.25) is 9.59 Å². The van der Waals surface area contributed by atoms with Gasteiger partial charge in [-0.25, -0.2) is 0 Å². The van der Waals surface area contributed by atoms with E-state index in [4.69, 9.17) is 4.74 Å². The standard InChI is InChI=1S/C59H111NO5/c1-3-5-7-9-11-13-15-17-19-20-21-22-23-24-26-27-31-35-39-43-47-51-57(62)56(55-61)60-58(63)52-48-44-40-36-32-29-30-34-38-42-46-50-54-65-59(64)53-49-45-41-37-33-28-25-18-16-14-12-10-8-6-4-2/h12,14,18,25,47,51,56-57,61-62H,3-11,13,15-17,19-24,26-46,48-50,52-55H2,1-2H3,(H,60,63)/b14-12-,25-18-,51-47+. The average molecular weight is 915 g/mol. The second kappa shape index (κ2) is 54.7. The van der Waals surface area contributed by atoms with Gasteiger partial charge in [-0.2, -0.15) is 0 Å². The first-order valence-corrected chi connectivity index (χ1v) is 28.8. The van der Waals surface area contributed by atoms with Crippen molar-refractivity contribution in [1.82, 2.24) is 5.32 Å². The van der Waals surface area contributed by atoms with Crippen LogP contribution in [0.4, 0.5) is 0 Å². The van der Waals surface area contributed by atoms with Gasteiger partial charge in [0.25, 0.3) is 0 Å². The predicted molar refractivity (Wildman–Crippen MR) is 283 cm³/mol. The highest BCUT2D eigenvalue weighted by molar-refractivity contribution is 5.76. The van der Waals surface area contributed by atoms with Crippen molar-refractivity contribution in [2.45, 2.75) is 315 Å². The summed E-state index contributed by atoms with van der Waals surface area (Å²) < 4.78 is 5.46. The molecule has 3 N–H and O–H groups in total. The van der Waals surface area contributed by atoms with E-state index >= 15 is 0 Å². The van der Waals surface area contributed by atoms with E-state index in [2.05, 4.69) is 43.5 Å². The number of carbonyl (C=O) groups is 2. The fourth-order valence-corrected chi connectivity index (χ4v) is 8.72. The van der Waals surface area contributed by atoms with E-state index in [1.54, 1.807) is 6.08 Å². The second-order valence-corrected chi connectivity index (χ2v) is 19.6. The molecule has 0 aliphatic heterocycles. The molecule has 2 unspecified atom stereocenters. The zero-order valence-corrected chi connectivity index (χ0v) is 43.5. The number of hydrogen-bond donors (Lipinski definition) is 3. The van der Waals surface area contributed by atoms with Gasteiger partial charge in [-0.1, -0.05) is 262 Å². The zero-order valence-electron chi connectivity index (χ0n) is 43.5. The van der Waals surface area contributed by atoms with Gasteiger partial charge in [0.2, 0.25) is 5.91 Å². The Morgan fingerprint density at radius 3 is 1.20 bits per heavy atom. The summed E-state index contributed by atoms with van der Waals surface area (Å²) in [5, 5.41) is 23.2. The van der Waals surface area contributed by atoms with Crippen LogP contribution in [0.15, 0.2) is 36.5 Å². The van der Waals surface area contributed by atoms with Crippen LogP contribution in [-0.2, 0) is 14.3 Å². The first kappa shape index (κ1) is 63.1. The first-order chi connectivity index (χ1) is 32.0. The normalized spacial score (nSPS) is 12.9. The molecule has 65 heavy (non-hydrogen) atoms. The zero-order chi connectivity index (χ0) is 47.2. The van der Waals surface area contributed by atoms with E-state index < -0.39 is 12.1 Å². The van der Waals surface area contributed by atoms with E-state index in [0.717, 1.165) is 70.6 Å². The number of hydrogen-bond acceptors (Lipinski definition) is 5. The fraction of sp³-hybridized carbons (Fsp3) is 0.864. The van der Waals surface area contributed by atoms with E-state index in [-0.39, 0.29) is 18.5 Å². The van der Waals surface area contributed by atoms with Crippen molar-refractivity contribution >= 4 is 11.9 Å². The Hall–Kier alpha value is -1.92. The molecule has 0 aromatic heterocycles. The Balaban J connectivity index is 3.50. The fourth-order valence-electron chi connectivity index (χ4n) is 8.72. The average Bonchev–Trinajstić information content (AvgIpc) is 3.31. The molecule has 0 aromatic rings. The number of esters is 1. The number of ether oxygens (including phenoxy) is 1. The molecular weight excluding hydrogens is 803 g/mol. The van der Waals surface area contributed by atoms with Crippen molar-refractivity contribution in [3.05, 3.63) is 36.5 Å². The van der Waals surface area contributed by atoms with Crippen LogP contribution >= 0.6 is 0 Å². The second-order valence-electron chi connectivity index (χ2n) is 19.6. The molecule has 0 saturated carbocycles. The maximum atomic E-state index is 12.5. The minimum atomic E-state index is -0.857. The van der Waals surface area contributed by atoms with Gasteiger partial charge < -0.3 is 20.3 Å². The lowest BCUT2D eigenvalue weighted by Crippen LogP contribution is -2.45. The Bertz CT molecular complexity index is 1060. The number of nitrogens with one attached hydrogen (secondary N) is 1. The molecule has 6 heteroatoms. The number of aliphatic hydroxyl groups is 2. The third-order valence-electron chi connectivity index (χ3n) is 13.2. The van der Waals surface area contributed by atoms with Gasteiger partial charge in [0.15, 0.2) is 0 Å². The number of carbonyl (C=O) groups excluding carboxylic acids is 2. The molecule has 0 saturated heterocycles. The molecule has 382 valence electrons. The van der Waals surface area contributed by atoms with Crippen LogP contribution < -0.4 is 5.32 Å². The maximum Gasteiger partial charge on any atom is 0.305 e. The molecule has 0 heterocycles. The van der Waals surface area contributed by atoms with Gasteiger partial charge in [0.05, 0.1) is 25.4 Å². The minimum Gasteiger partial charge on any atom is -0.466 e. The quantitative estimate of drug-likeness (QED) is 0.0321. The van der Waals surface area contributed by atoms with Crippen LogP contribution in [0, 0.1) is 0 Å². The number of amides is 1. The summed E-state index contributed by atoms with van der Waals surface area (Å²) in [5.74, 6) is -0.107. The molecule has 0 radical (unpaired) electrons. The van der Waals surface area contributed by atoms with Crippen LogP contribution in [0.1, 0.15) is 303 Å².